The van der Waals surface area contributed by atoms with Gasteiger partial charge in [0.1, 0.15) is 0 Å². The first-order chi connectivity index (χ1) is 12.1. The number of ether oxygens (including phenoxy) is 3. The first-order valence-electron chi connectivity index (χ1n) is 8.94. The van der Waals surface area contributed by atoms with Crippen molar-refractivity contribution in [2.24, 2.45) is 0 Å². The van der Waals surface area contributed by atoms with Crippen molar-refractivity contribution >= 4 is 11.9 Å². The predicted molar refractivity (Wildman–Crippen MR) is 89.0 cm³/mol. The number of benzene rings is 1. The Labute approximate surface area is 147 Å². The van der Waals surface area contributed by atoms with Gasteiger partial charge in [-0.25, -0.2) is 4.79 Å². The molecule has 6 heteroatoms. The zero-order valence-electron chi connectivity index (χ0n) is 14.4. The molecule has 0 aromatic heterocycles. The lowest BCUT2D eigenvalue weighted by Crippen LogP contribution is -2.59. The summed E-state index contributed by atoms with van der Waals surface area (Å²) < 4.78 is 16.9. The molecule has 25 heavy (non-hydrogen) atoms. The standard InChI is InChI=1S/C19H23NO5/c1-19(12-13-6-2-3-7-14(13)16(21)25-19)18(22)20-9-5-4-8-15(20)17-23-10-11-24-17/h2-3,6-7,15,17H,4-5,8-12H2,1H3. The molecule has 1 aromatic rings. The normalized spacial score (nSPS) is 30.0. The molecule has 0 spiro atoms. The fourth-order valence-electron chi connectivity index (χ4n) is 4.05. The topological polar surface area (TPSA) is 65.1 Å². The molecule has 0 aliphatic carbocycles. The van der Waals surface area contributed by atoms with Crippen LogP contribution in [0, 0.1) is 0 Å². The van der Waals surface area contributed by atoms with Crippen molar-refractivity contribution in [2.75, 3.05) is 19.8 Å². The Balaban J connectivity index is 1.59. The van der Waals surface area contributed by atoms with Crippen molar-refractivity contribution in [1.82, 2.24) is 4.90 Å². The van der Waals surface area contributed by atoms with Gasteiger partial charge in [0.25, 0.3) is 5.91 Å². The Morgan fingerprint density at radius 1 is 1.20 bits per heavy atom. The van der Waals surface area contributed by atoms with Gasteiger partial charge in [0.05, 0.1) is 24.8 Å². The zero-order chi connectivity index (χ0) is 17.4. The number of carbonyl (C=O) groups excluding carboxylic acids is 2. The van der Waals surface area contributed by atoms with E-state index in [9.17, 15) is 9.59 Å². The maximum absolute atomic E-state index is 13.3. The quantitative estimate of drug-likeness (QED) is 0.766. The van der Waals surface area contributed by atoms with Crippen LogP contribution in [-0.2, 0) is 25.4 Å². The van der Waals surface area contributed by atoms with E-state index in [2.05, 4.69) is 0 Å². The highest BCUT2D eigenvalue weighted by Gasteiger charge is 2.48. The fraction of sp³-hybridized carbons (Fsp3) is 0.579. The number of amides is 1. The first kappa shape index (κ1) is 16.5. The van der Waals surface area contributed by atoms with Crippen LogP contribution in [0.3, 0.4) is 0 Å². The molecule has 1 aromatic carbocycles. The van der Waals surface area contributed by atoms with Crippen LogP contribution in [-0.4, -0.2) is 54.5 Å². The van der Waals surface area contributed by atoms with Crippen LogP contribution in [0.25, 0.3) is 0 Å². The summed E-state index contributed by atoms with van der Waals surface area (Å²) in [6, 6.07) is 7.20. The van der Waals surface area contributed by atoms with Crippen molar-refractivity contribution in [1.29, 1.82) is 0 Å². The number of likely N-dealkylation sites (tertiary alicyclic amines) is 1. The van der Waals surface area contributed by atoms with Crippen molar-refractivity contribution < 1.29 is 23.8 Å². The second kappa shape index (κ2) is 6.42. The molecule has 1 amide bonds. The van der Waals surface area contributed by atoms with Gasteiger partial charge in [0, 0.05) is 13.0 Å². The van der Waals surface area contributed by atoms with Gasteiger partial charge in [-0.15, -0.1) is 0 Å². The van der Waals surface area contributed by atoms with Crippen molar-refractivity contribution in [3.8, 4) is 0 Å². The maximum atomic E-state index is 13.3. The predicted octanol–water partition coefficient (Wildman–Crippen LogP) is 1.91. The van der Waals surface area contributed by atoms with Gasteiger partial charge in [0.15, 0.2) is 11.9 Å². The van der Waals surface area contributed by atoms with Crippen molar-refractivity contribution in [2.45, 2.75) is 50.5 Å². The molecule has 0 bridgehead atoms. The van der Waals surface area contributed by atoms with Crippen LogP contribution in [0.15, 0.2) is 24.3 Å². The third kappa shape index (κ3) is 2.93. The summed E-state index contributed by atoms with van der Waals surface area (Å²) in [7, 11) is 0. The lowest BCUT2D eigenvalue weighted by Gasteiger charge is -2.43. The number of cyclic esters (lactones) is 1. The Hall–Kier alpha value is -1.92. The molecule has 2 saturated heterocycles. The average Bonchev–Trinajstić information content (AvgIpc) is 3.15. The summed E-state index contributed by atoms with van der Waals surface area (Å²) in [4.78, 5) is 27.5. The van der Waals surface area contributed by atoms with E-state index >= 15 is 0 Å². The summed E-state index contributed by atoms with van der Waals surface area (Å²) in [6.07, 6.45) is 2.84. The Morgan fingerprint density at radius 3 is 2.76 bits per heavy atom. The maximum Gasteiger partial charge on any atom is 0.339 e. The molecule has 0 radical (unpaired) electrons. The Kier molecular flexibility index (Phi) is 4.25. The minimum Gasteiger partial charge on any atom is -0.445 e. The van der Waals surface area contributed by atoms with Crippen molar-refractivity contribution in [3.63, 3.8) is 0 Å². The number of nitrogens with zero attached hydrogens (tertiary/aromatic N) is 1. The summed E-state index contributed by atoms with van der Waals surface area (Å²) >= 11 is 0. The zero-order valence-corrected chi connectivity index (χ0v) is 14.4. The summed E-state index contributed by atoms with van der Waals surface area (Å²) in [5, 5.41) is 0. The highest BCUT2D eigenvalue weighted by Crippen LogP contribution is 2.33. The first-order valence-corrected chi connectivity index (χ1v) is 8.94. The van der Waals surface area contributed by atoms with E-state index in [-0.39, 0.29) is 18.2 Å². The van der Waals surface area contributed by atoms with Gasteiger partial charge in [-0.2, -0.15) is 0 Å². The van der Waals surface area contributed by atoms with Crippen LogP contribution in [0.4, 0.5) is 0 Å². The van der Waals surface area contributed by atoms with E-state index in [1.54, 1.807) is 24.0 Å². The number of carbonyl (C=O) groups is 2. The number of rotatable bonds is 2. The van der Waals surface area contributed by atoms with E-state index in [0.29, 0.717) is 31.7 Å². The lowest BCUT2D eigenvalue weighted by molar-refractivity contribution is -0.167. The van der Waals surface area contributed by atoms with E-state index in [4.69, 9.17) is 14.2 Å². The fourth-order valence-corrected chi connectivity index (χ4v) is 4.05. The number of esters is 1. The van der Waals surface area contributed by atoms with E-state index in [1.807, 2.05) is 12.1 Å². The van der Waals surface area contributed by atoms with Gasteiger partial charge < -0.3 is 19.1 Å². The summed E-state index contributed by atoms with van der Waals surface area (Å²) in [5.41, 5.74) is 0.224. The molecule has 134 valence electrons. The van der Waals surface area contributed by atoms with Gasteiger partial charge in [0.2, 0.25) is 0 Å². The summed E-state index contributed by atoms with van der Waals surface area (Å²) in [6.45, 7) is 3.47. The molecule has 2 fully saturated rings. The van der Waals surface area contributed by atoms with Gasteiger partial charge >= 0.3 is 5.97 Å². The van der Waals surface area contributed by atoms with Gasteiger partial charge in [-0.1, -0.05) is 18.2 Å². The molecular weight excluding hydrogens is 322 g/mol. The monoisotopic (exact) mass is 345 g/mol. The molecule has 0 saturated carbocycles. The second-order valence-electron chi connectivity index (χ2n) is 7.13. The SMILES string of the molecule is CC1(C(=O)N2CCCCC2C2OCCO2)Cc2ccccc2C(=O)O1. The molecular formula is C19H23NO5. The largest absolute Gasteiger partial charge is 0.445 e. The molecule has 2 unspecified atom stereocenters. The molecule has 3 heterocycles. The Morgan fingerprint density at radius 2 is 1.96 bits per heavy atom. The smallest absolute Gasteiger partial charge is 0.339 e. The van der Waals surface area contributed by atoms with Crippen LogP contribution in [0.2, 0.25) is 0 Å². The number of fused-ring (bicyclic) bond motifs is 1. The molecule has 3 aliphatic heterocycles. The minimum absolute atomic E-state index is 0.114. The molecule has 2 atom stereocenters. The van der Waals surface area contributed by atoms with Crippen LogP contribution in [0.5, 0.6) is 0 Å². The van der Waals surface area contributed by atoms with Gasteiger partial charge in [-0.05, 0) is 37.8 Å². The van der Waals surface area contributed by atoms with E-state index in [1.165, 1.54) is 0 Å². The number of hydrogen-bond acceptors (Lipinski definition) is 5. The summed E-state index contributed by atoms with van der Waals surface area (Å²) in [5.74, 6) is -0.584. The third-order valence-electron chi connectivity index (χ3n) is 5.31. The molecule has 3 aliphatic rings. The molecule has 6 nitrogen and oxygen atoms in total. The highest BCUT2D eigenvalue weighted by molar-refractivity contribution is 5.97. The highest BCUT2D eigenvalue weighted by atomic mass is 16.7. The number of hydrogen-bond donors (Lipinski definition) is 0. The average molecular weight is 345 g/mol. The van der Waals surface area contributed by atoms with Crippen LogP contribution >= 0.6 is 0 Å². The van der Waals surface area contributed by atoms with E-state index < -0.39 is 11.6 Å². The minimum atomic E-state index is -1.18. The van der Waals surface area contributed by atoms with Gasteiger partial charge in [-0.3, -0.25) is 4.79 Å². The molecule has 0 N–H and O–H groups in total. The van der Waals surface area contributed by atoms with E-state index in [0.717, 1.165) is 24.8 Å². The third-order valence-corrected chi connectivity index (χ3v) is 5.31. The Bertz CT molecular complexity index is 684. The van der Waals surface area contributed by atoms with Crippen LogP contribution in [0.1, 0.15) is 42.1 Å². The molecule has 4 rings (SSSR count). The number of piperidine rings is 1. The lowest BCUT2D eigenvalue weighted by atomic mass is 9.87. The second-order valence-corrected chi connectivity index (χ2v) is 7.13. The van der Waals surface area contributed by atoms with Crippen molar-refractivity contribution in [3.05, 3.63) is 35.4 Å². The van der Waals surface area contributed by atoms with Crippen LogP contribution < -0.4 is 0 Å².